The van der Waals surface area contributed by atoms with Crippen LogP contribution in [0.5, 0.6) is 0 Å². The normalized spacial score (nSPS) is 14.7. The Balaban J connectivity index is 1.54. The number of carbonyl (C=O) groups is 1. The topological polar surface area (TPSA) is 121 Å². The van der Waals surface area contributed by atoms with Crippen LogP contribution in [0.25, 0.3) is 22.0 Å². The number of hydrogen-bond donors (Lipinski definition) is 3. The molecular formula is C35H35FN8O. The maximum Gasteiger partial charge on any atom is 0.221 e. The van der Waals surface area contributed by atoms with Crippen LogP contribution in [0.1, 0.15) is 70.8 Å². The largest absolute Gasteiger partial charge is 0.383 e. The van der Waals surface area contributed by atoms with E-state index in [1.807, 2.05) is 36.4 Å². The Morgan fingerprint density at radius 3 is 2.51 bits per heavy atom. The highest BCUT2D eigenvalue weighted by atomic mass is 19.1. The number of nitriles is 1. The van der Waals surface area contributed by atoms with E-state index in [0.29, 0.717) is 51.3 Å². The Morgan fingerprint density at radius 2 is 1.87 bits per heavy atom. The maximum absolute atomic E-state index is 14.0. The molecule has 1 amide bonds. The first-order valence-corrected chi connectivity index (χ1v) is 14.9. The molecule has 0 unspecified atom stereocenters. The van der Waals surface area contributed by atoms with E-state index in [0.717, 1.165) is 24.0 Å². The molecule has 0 bridgehead atoms. The summed E-state index contributed by atoms with van der Waals surface area (Å²) in [5, 5.41) is 29.1. The molecule has 0 aliphatic heterocycles. The van der Waals surface area contributed by atoms with Crippen LogP contribution in [0.15, 0.2) is 73.1 Å². The Morgan fingerprint density at radius 1 is 1.13 bits per heavy atom. The number of nitrogens with zero attached hydrogens (tertiary/aromatic N) is 5. The zero-order chi connectivity index (χ0) is 32.6. The fourth-order valence-electron chi connectivity index (χ4n) is 5.11. The van der Waals surface area contributed by atoms with Crippen molar-refractivity contribution < 1.29 is 10.6 Å². The van der Waals surface area contributed by atoms with Crippen LogP contribution in [0, 0.1) is 22.6 Å². The number of rotatable bonds is 9. The molecule has 3 aromatic carbocycles. The molecule has 6 rings (SSSR count). The molecule has 45 heavy (non-hydrogen) atoms. The molecule has 228 valence electrons. The Hall–Kier alpha value is -5.30. The fourth-order valence-corrected chi connectivity index (χ4v) is 5.11. The summed E-state index contributed by atoms with van der Waals surface area (Å²) in [5.41, 5.74) is 5.24. The van der Waals surface area contributed by atoms with Crippen molar-refractivity contribution in [2.45, 2.75) is 52.6 Å². The minimum Gasteiger partial charge on any atom is -0.383 e. The van der Waals surface area contributed by atoms with Crippen molar-refractivity contribution in [1.82, 2.24) is 20.0 Å². The maximum atomic E-state index is 14.0. The average Bonchev–Trinajstić information content (AvgIpc) is 3.74. The predicted molar refractivity (Wildman–Crippen MR) is 174 cm³/mol. The third-order valence-corrected chi connectivity index (χ3v) is 7.49. The molecule has 10 heteroatoms. The highest BCUT2D eigenvalue weighted by molar-refractivity contribution is 6.04. The second-order valence-corrected chi connectivity index (χ2v) is 12.6. The SMILES string of the molecule is [2H][C@](Nc1cc(-c2ccc(NC(C)=O)cc2)c2ncc(C#N)c(NCC(C)(C)C)c2c1)(c1ccc(F)cc1)c1cn(C2CC2)nn1. The lowest BCUT2D eigenvalue weighted by atomic mass is 9.95. The third kappa shape index (κ3) is 6.78. The summed E-state index contributed by atoms with van der Waals surface area (Å²) in [6.07, 6.45) is 5.35. The first kappa shape index (κ1) is 28.5. The van der Waals surface area contributed by atoms with E-state index in [1.54, 1.807) is 29.2 Å². The lowest BCUT2D eigenvalue weighted by Crippen LogP contribution is -2.20. The van der Waals surface area contributed by atoms with Crippen molar-refractivity contribution >= 4 is 33.9 Å². The van der Waals surface area contributed by atoms with E-state index < -0.39 is 11.8 Å². The van der Waals surface area contributed by atoms with E-state index in [4.69, 9.17) is 4.98 Å². The predicted octanol–water partition coefficient (Wildman–Crippen LogP) is 7.46. The number of carbonyl (C=O) groups excluding carboxylic acids is 1. The number of benzene rings is 3. The van der Waals surface area contributed by atoms with Crippen LogP contribution in [0.3, 0.4) is 0 Å². The van der Waals surface area contributed by atoms with Crippen molar-refractivity contribution in [3.63, 3.8) is 0 Å². The van der Waals surface area contributed by atoms with E-state index in [2.05, 4.69) is 53.1 Å². The Labute approximate surface area is 262 Å². The van der Waals surface area contributed by atoms with Gasteiger partial charge >= 0.3 is 0 Å². The number of halogens is 1. The van der Waals surface area contributed by atoms with Gasteiger partial charge in [0, 0.05) is 42.0 Å². The molecule has 3 N–H and O–H groups in total. The van der Waals surface area contributed by atoms with Crippen molar-refractivity contribution in [1.29, 1.82) is 5.26 Å². The molecule has 2 heterocycles. The van der Waals surface area contributed by atoms with Gasteiger partial charge in [-0.15, -0.1) is 5.10 Å². The van der Waals surface area contributed by atoms with Crippen LogP contribution in [-0.4, -0.2) is 32.4 Å². The van der Waals surface area contributed by atoms with Gasteiger partial charge in [-0.05, 0) is 65.8 Å². The second-order valence-electron chi connectivity index (χ2n) is 12.6. The van der Waals surface area contributed by atoms with Crippen molar-refractivity contribution in [3.05, 3.63) is 95.7 Å². The zero-order valence-corrected chi connectivity index (χ0v) is 25.6. The van der Waals surface area contributed by atoms with Crippen molar-refractivity contribution in [2.75, 3.05) is 22.5 Å². The van der Waals surface area contributed by atoms with Crippen LogP contribution < -0.4 is 16.0 Å². The average molecular weight is 604 g/mol. The number of fused-ring (bicyclic) bond motifs is 1. The van der Waals surface area contributed by atoms with Crippen LogP contribution >= 0.6 is 0 Å². The molecule has 1 atom stereocenters. The molecule has 5 aromatic rings. The third-order valence-electron chi connectivity index (χ3n) is 7.49. The number of pyridine rings is 1. The lowest BCUT2D eigenvalue weighted by Gasteiger charge is -2.23. The highest BCUT2D eigenvalue weighted by Gasteiger charge is 2.27. The summed E-state index contributed by atoms with van der Waals surface area (Å²) in [6.45, 7) is 8.38. The number of hydrogen-bond acceptors (Lipinski definition) is 7. The number of nitrogens with one attached hydrogen (secondary N) is 3. The summed E-state index contributed by atoms with van der Waals surface area (Å²) in [7, 11) is 0. The van der Waals surface area contributed by atoms with Gasteiger partial charge < -0.3 is 16.0 Å². The van der Waals surface area contributed by atoms with Crippen LogP contribution in [0.4, 0.5) is 21.5 Å². The monoisotopic (exact) mass is 603 g/mol. The van der Waals surface area contributed by atoms with Crippen LogP contribution in [0.2, 0.25) is 0 Å². The summed E-state index contributed by atoms with van der Waals surface area (Å²) in [6, 6.07) is 17.9. The van der Waals surface area contributed by atoms with Gasteiger partial charge in [0.2, 0.25) is 5.91 Å². The van der Waals surface area contributed by atoms with Crippen LogP contribution in [-0.2, 0) is 4.79 Å². The molecule has 2 aromatic heterocycles. The van der Waals surface area contributed by atoms with Gasteiger partial charge in [-0.3, -0.25) is 9.78 Å². The molecule has 1 fully saturated rings. The summed E-state index contributed by atoms with van der Waals surface area (Å²) in [5.74, 6) is -0.580. The van der Waals surface area contributed by atoms with E-state index >= 15 is 0 Å². The first-order valence-electron chi connectivity index (χ1n) is 15.4. The molecule has 0 spiro atoms. The van der Waals surface area contributed by atoms with E-state index in [-0.39, 0.29) is 17.4 Å². The minimum atomic E-state index is -1.64. The summed E-state index contributed by atoms with van der Waals surface area (Å²) >= 11 is 0. The Bertz CT molecular complexity index is 1960. The van der Waals surface area contributed by atoms with E-state index in [9.17, 15) is 15.8 Å². The molecule has 0 radical (unpaired) electrons. The summed E-state index contributed by atoms with van der Waals surface area (Å²) in [4.78, 5) is 16.4. The number of anilines is 3. The summed E-state index contributed by atoms with van der Waals surface area (Å²) < 4.78 is 25.6. The van der Waals surface area contributed by atoms with Gasteiger partial charge in [0.25, 0.3) is 0 Å². The number of amides is 1. The fraction of sp³-hybridized carbons (Fsp3) is 0.286. The van der Waals surface area contributed by atoms with Gasteiger partial charge in [0.05, 0.1) is 36.4 Å². The van der Waals surface area contributed by atoms with Crippen molar-refractivity contribution in [2.24, 2.45) is 5.41 Å². The smallest absolute Gasteiger partial charge is 0.221 e. The highest BCUT2D eigenvalue weighted by Crippen LogP contribution is 2.39. The standard InChI is InChI=1S/C35H35FN8O/c1-21(45)40-26-11-7-22(8-12-26)29-15-27(16-30-32(39-20-35(2,3)4)24(17-37)18-38-34(29)30)41-33(23-5-9-25(36)10-6-23)31-19-44(43-42-31)28-13-14-28/h5-12,15-16,18-19,28,33,41H,13-14,20H2,1-4H3,(H,38,39)(H,40,45)/t33-/m0/s1/i33D. The van der Waals surface area contributed by atoms with Crippen molar-refractivity contribution in [3.8, 4) is 17.2 Å². The number of aromatic nitrogens is 4. The van der Waals surface area contributed by atoms with Gasteiger partial charge in [0.1, 0.15) is 17.6 Å². The Kier molecular flexibility index (Phi) is 7.59. The second kappa shape index (κ2) is 12.0. The van der Waals surface area contributed by atoms with Gasteiger partial charge in [-0.2, -0.15) is 5.26 Å². The molecule has 1 aliphatic rings. The van der Waals surface area contributed by atoms with E-state index in [1.165, 1.54) is 19.1 Å². The lowest BCUT2D eigenvalue weighted by molar-refractivity contribution is -0.114. The molecule has 1 saturated carbocycles. The zero-order valence-electron chi connectivity index (χ0n) is 26.6. The molecule has 1 aliphatic carbocycles. The quantitative estimate of drug-likeness (QED) is 0.160. The minimum absolute atomic E-state index is 0.0765. The molecule has 0 saturated heterocycles. The molecule has 9 nitrogen and oxygen atoms in total. The van der Waals surface area contributed by atoms with Gasteiger partial charge in [-0.1, -0.05) is 50.3 Å². The first-order chi connectivity index (χ1) is 21.9. The van der Waals surface area contributed by atoms with Gasteiger partial charge in [0.15, 0.2) is 0 Å². The van der Waals surface area contributed by atoms with Gasteiger partial charge in [-0.25, -0.2) is 9.07 Å². The molecular weight excluding hydrogens is 567 g/mol.